The van der Waals surface area contributed by atoms with Crippen LogP contribution in [0.15, 0.2) is 30.7 Å². The molecule has 0 atom stereocenters. The first kappa shape index (κ1) is 14.9. The van der Waals surface area contributed by atoms with Gasteiger partial charge in [-0.15, -0.1) is 0 Å². The van der Waals surface area contributed by atoms with E-state index in [1.54, 1.807) is 12.3 Å². The summed E-state index contributed by atoms with van der Waals surface area (Å²) in [5.41, 5.74) is 0.461. The van der Waals surface area contributed by atoms with Crippen LogP contribution in [0.3, 0.4) is 0 Å². The first-order chi connectivity index (χ1) is 11.1. The second-order valence-electron chi connectivity index (χ2n) is 5.28. The highest BCUT2D eigenvalue weighted by Crippen LogP contribution is 2.16. The van der Waals surface area contributed by atoms with Crippen molar-refractivity contribution in [1.29, 1.82) is 0 Å². The fraction of sp³-hybridized carbons (Fsp3) is 0.357. The number of nitrogens with zero attached hydrogens (tertiary/aromatic N) is 7. The summed E-state index contributed by atoms with van der Waals surface area (Å²) in [4.78, 5) is 20.6. The molecule has 0 spiro atoms. The molecule has 0 radical (unpaired) electrons. The van der Waals surface area contributed by atoms with Crippen LogP contribution >= 0.6 is 0 Å². The van der Waals surface area contributed by atoms with Crippen LogP contribution in [0.1, 0.15) is 12.2 Å². The normalized spacial score (nSPS) is 11.0. The van der Waals surface area contributed by atoms with Crippen molar-refractivity contribution in [3.63, 3.8) is 0 Å². The van der Waals surface area contributed by atoms with E-state index in [4.69, 9.17) is 0 Å². The zero-order chi connectivity index (χ0) is 16.4. The maximum absolute atomic E-state index is 11.0. The van der Waals surface area contributed by atoms with Gasteiger partial charge in [0.05, 0.1) is 0 Å². The number of aromatic nitrogens is 5. The standard InChI is InChI=1S/C14H17N7O2/c1-11-15-6-9-19(11)8-3-7-18(2)13-5-4-12-16-10-14(21(22)23)20(12)17-13/h4-6,9-10H,3,7-8H2,1-2H3. The molecule has 0 unspecified atom stereocenters. The number of hydrogen-bond donors (Lipinski definition) is 0. The van der Waals surface area contributed by atoms with Crippen molar-refractivity contribution in [2.75, 3.05) is 18.5 Å². The molecule has 0 aliphatic rings. The molecule has 0 fully saturated rings. The minimum absolute atomic E-state index is 0.135. The van der Waals surface area contributed by atoms with Gasteiger partial charge in [-0.05, 0) is 24.3 Å². The van der Waals surface area contributed by atoms with Gasteiger partial charge in [0, 0.05) is 38.6 Å². The quantitative estimate of drug-likeness (QED) is 0.507. The molecular weight excluding hydrogens is 298 g/mol. The van der Waals surface area contributed by atoms with Crippen LogP contribution in [0.5, 0.6) is 0 Å². The van der Waals surface area contributed by atoms with Gasteiger partial charge in [-0.3, -0.25) is 0 Å². The predicted octanol–water partition coefficient (Wildman–Crippen LogP) is 1.67. The lowest BCUT2D eigenvalue weighted by Crippen LogP contribution is -2.22. The van der Waals surface area contributed by atoms with Crippen molar-refractivity contribution >= 4 is 17.3 Å². The molecule has 3 aromatic heterocycles. The van der Waals surface area contributed by atoms with Gasteiger partial charge in [0.2, 0.25) is 5.65 Å². The molecule has 0 bridgehead atoms. The summed E-state index contributed by atoms with van der Waals surface area (Å²) in [6.45, 7) is 3.61. The summed E-state index contributed by atoms with van der Waals surface area (Å²) in [6.07, 6.45) is 5.87. The summed E-state index contributed by atoms with van der Waals surface area (Å²) < 4.78 is 3.34. The number of imidazole rings is 2. The van der Waals surface area contributed by atoms with Crippen LogP contribution in [0.4, 0.5) is 11.6 Å². The molecule has 0 aliphatic heterocycles. The van der Waals surface area contributed by atoms with E-state index in [2.05, 4.69) is 19.6 Å². The molecule has 23 heavy (non-hydrogen) atoms. The fourth-order valence-electron chi connectivity index (χ4n) is 2.41. The number of anilines is 1. The highest BCUT2D eigenvalue weighted by atomic mass is 16.6. The third kappa shape index (κ3) is 2.98. The summed E-state index contributed by atoms with van der Waals surface area (Å²) in [7, 11) is 1.91. The summed E-state index contributed by atoms with van der Waals surface area (Å²) in [5, 5.41) is 15.3. The number of fused-ring (bicyclic) bond motifs is 1. The second kappa shape index (κ2) is 6.03. The van der Waals surface area contributed by atoms with Gasteiger partial charge in [0.15, 0.2) is 5.82 Å². The minimum Gasteiger partial charge on any atom is -0.358 e. The van der Waals surface area contributed by atoms with Crippen LogP contribution in [-0.4, -0.2) is 42.7 Å². The van der Waals surface area contributed by atoms with Gasteiger partial charge in [0.25, 0.3) is 0 Å². The highest BCUT2D eigenvalue weighted by Gasteiger charge is 2.17. The van der Waals surface area contributed by atoms with Gasteiger partial charge in [-0.25, -0.2) is 9.97 Å². The van der Waals surface area contributed by atoms with Crippen molar-refractivity contribution in [2.45, 2.75) is 19.9 Å². The average molecular weight is 315 g/mol. The molecule has 3 heterocycles. The van der Waals surface area contributed by atoms with E-state index in [0.717, 1.165) is 25.3 Å². The van der Waals surface area contributed by atoms with E-state index < -0.39 is 4.92 Å². The van der Waals surface area contributed by atoms with E-state index in [9.17, 15) is 10.1 Å². The van der Waals surface area contributed by atoms with E-state index in [-0.39, 0.29) is 5.82 Å². The van der Waals surface area contributed by atoms with Gasteiger partial charge in [-0.1, -0.05) is 9.61 Å². The van der Waals surface area contributed by atoms with Crippen LogP contribution < -0.4 is 4.90 Å². The third-order valence-electron chi connectivity index (χ3n) is 3.72. The zero-order valence-electron chi connectivity index (χ0n) is 13.0. The lowest BCUT2D eigenvalue weighted by molar-refractivity contribution is -0.391. The van der Waals surface area contributed by atoms with Gasteiger partial charge in [-0.2, -0.15) is 0 Å². The molecule has 9 heteroatoms. The number of nitro groups is 1. The maximum Gasteiger partial charge on any atom is 0.368 e. The molecule has 3 rings (SSSR count). The number of hydrogen-bond acceptors (Lipinski definition) is 6. The third-order valence-corrected chi connectivity index (χ3v) is 3.72. The van der Waals surface area contributed by atoms with E-state index in [1.165, 1.54) is 10.7 Å². The Morgan fingerprint density at radius 3 is 2.87 bits per heavy atom. The Bertz CT molecular complexity index is 839. The number of aryl methyl sites for hydroxylation is 2. The van der Waals surface area contributed by atoms with Crippen molar-refractivity contribution in [2.24, 2.45) is 0 Å². The fourth-order valence-corrected chi connectivity index (χ4v) is 2.41. The SMILES string of the molecule is Cc1nccn1CCCN(C)c1ccc2ncc([N+](=O)[O-])n2n1. The van der Waals surface area contributed by atoms with Crippen molar-refractivity contribution in [1.82, 2.24) is 24.1 Å². The Morgan fingerprint density at radius 2 is 2.17 bits per heavy atom. The molecule has 0 aromatic carbocycles. The molecule has 120 valence electrons. The maximum atomic E-state index is 11.0. The minimum atomic E-state index is -0.488. The van der Waals surface area contributed by atoms with E-state index in [1.807, 2.05) is 31.1 Å². The molecular formula is C14H17N7O2. The monoisotopic (exact) mass is 315 g/mol. The number of rotatable bonds is 6. The lowest BCUT2D eigenvalue weighted by atomic mass is 10.3. The first-order valence-electron chi connectivity index (χ1n) is 7.24. The Hall–Kier alpha value is -2.97. The second-order valence-corrected chi connectivity index (χ2v) is 5.28. The van der Waals surface area contributed by atoms with Crippen LogP contribution in [0.25, 0.3) is 5.65 Å². The molecule has 0 saturated carbocycles. The Balaban J connectivity index is 1.70. The predicted molar refractivity (Wildman–Crippen MR) is 84.5 cm³/mol. The van der Waals surface area contributed by atoms with Crippen molar-refractivity contribution in [3.05, 3.63) is 46.7 Å². The van der Waals surface area contributed by atoms with Crippen molar-refractivity contribution in [3.8, 4) is 0 Å². The zero-order valence-corrected chi connectivity index (χ0v) is 13.0. The topological polar surface area (TPSA) is 94.4 Å². The smallest absolute Gasteiger partial charge is 0.358 e. The van der Waals surface area contributed by atoms with Gasteiger partial charge in [0.1, 0.15) is 12.0 Å². The molecule has 0 N–H and O–H groups in total. The molecule has 9 nitrogen and oxygen atoms in total. The van der Waals surface area contributed by atoms with Gasteiger partial charge < -0.3 is 19.6 Å². The lowest BCUT2D eigenvalue weighted by Gasteiger charge is -2.17. The summed E-state index contributed by atoms with van der Waals surface area (Å²) >= 11 is 0. The van der Waals surface area contributed by atoms with Crippen LogP contribution in [0.2, 0.25) is 0 Å². The van der Waals surface area contributed by atoms with E-state index in [0.29, 0.717) is 11.5 Å². The highest BCUT2D eigenvalue weighted by molar-refractivity contribution is 5.48. The summed E-state index contributed by atoms with van der Waals surface area (Å²) in [6, 6.07) is 3.54. The van der Waals surface area contributed by atoms with Crippen molar-refractivity contribution < 1.29 is 4.92 Å². The molecule has 0 amide bonds. The average Bonchev–Trinajstić information content (AvgIpc) is 3.13. The summed E-state index contributed by atoms with van der Waals surface area (Å²) in [5.74, 6) is 1.52. The van der Waals surface area contributed by atoms with Crippen LogP contribution in [0, 0.1) is 17.0 Å². The first-order valence-corrected chi connectivity index (χ1v) is 7.24. The Kier molecular flexibility index (Phi) is 3.92. The Labute approximate surface area is 132 Å². The molecule has 0 aliphatic carbocycles. The molecule has 0 saturated heterocycles. The van der Waals surface area contributed by atoms with E-state index >= 15 is 0 Å². The van der Waals surface area contributed by atoms with Gasteiger partial charge >= 0.3 is 5.82 Å². The largest absolute Gasteiger partial charge is 0.368 e. The van der Waals surface area contributed by atoms with Crippen LogP contribution in [-0.2, 0) is 6.54 Å². The Morgan fingerprint density at radius 1 is 1.35 bits per heavy atom. The molecule has 3 aromatic rings.